The van der Waals surface area contributed by atoms with Gasteiger partial charge in [-0.25, -0.2) is 0 Å². The van der Waals surface area contributed by atoms with Gasteiger partial charge in [-0.15, -0.1) is 0 Å². The summed E-state index contributed by atoms with van der Waals surface area (Å²) in [6.45, 7) is 4.91. The highest BCUT2D eigenvalue weighted by Gasteiger charge is 2.13. The molecule has 3 N–H and O–H groups in total. The van der Waals surface area contributed by atoms with Crippen LogP contribution >= 0.6 is 0 Å². The number of amides is 1. The Kier molecular flexibility index (Phi) is 7.05. The molecule has 0 saturated carbocycles. The van der Waals surface area contributed by atoms with Crippen LogP contribution in [0.15, 0.2) is 84.0 Å². The SMILES string of the molecule is CCOc1ccccc1NC(=NCCc1c[nH]c2ccccc12)NC(=O)c1ccccc1C. The summed E-state index contributed by atoms with van der Waals surface area (Å²) >= 11 is 0. The Morgan fingerprint density at radius 1 is 1.00 bits per heavy atom. The second kappa shape index (κ2) is 10.5. The molecular weight excluding hydrogens is 412 g/mol. The first kappa shape index (κ1) is 22.1. The van der Waals surface area contributed by atoms with Gasteiger partial charge in [0, 0.05) is 29.2 Å². The molecule has 33 heavy (non-hydrogen) atoms. The van der Waals surface area contributed by atoms with Gasteiger partial charge in [0.2, 0.25) is 5.96 Å². The number of guanidine groups is 1. The number of H-pyrrole nitrogens is 1. The molecule has 0 unspecified atom stereocenters. The number of rotatable bonds is 7. The van der Waals surface area contributed by atoms with Crippen LogP contribution in [-0.2, 0) is 6.42 Å². The standard InChI is InChI=1S/C27H28N4O2/c1-3-33-25-15-9-8-14-24(25)30-27(31-26(32)21-11-5-4-10-19(21)2)28-17-16-20-18-29-23-13-7-6-12-22(20)23/h4-15,18,29H,3,16-17H2,1-2H3,(H2,28,30,31,32). The maximum absolute atomic E-state index is 13.0. The van der Waals surface area contributed by atoms with Crippen molar-refractivity contribution >= 4 is 28.5 Å². The molecule has 0 fully saturated rings. The summed E-state index contributed by atoms with van der Waals surface area (Å²) < 4.78 is 5.72. The fraction of sp³-hybridized carbons (Fsp3) is 0.185. The minimum atomic E-state index is -0.208. The third-order valence-corrected chi connectivity index (χ3v) is 5.39. The molecule has 0 aliphatic rings. The van der Waals surface area contributed by atoms with Crippen molar-refractivity contribution in [3.05, 3.63) is 95.7 Å². The van der Waals surface area contributed by atoms with Crippen molar-refractivity contribution in [3.63, 3.8) is 0 Å². The Labute approximate surface area is 193 Å². The quantitative estimate of drug-likeness (QED) is 0.269. The van der Waals surface area contributed by atoms with E-state index in [0.717, 1.165) is 23.2 Å². The van der Waals surface area contributed by atoms with Crippen LogP contribution in [0.2, 0.25) is 0 Å². The Morgan fingerprint density at radius 3 is 2.61 bits per heavy atom. The predicted octanol–water partition coefficient (Wildman–Crippen LogP) is 5.32. The number of aromatic amines is 1. The lowest BCUT2D eigenvalue weighted by atomic mass is 10.1. The molecule has 1 amide bonds. The fourth-order valence-corrected chi connectivity index (χ4v) is 3.72. The first-order valence-electron chi connectivity index (χ1n) is 11.1. The number of nitrogens with one attached hydrogen (secondary N) is 3. The Balaban J connectivity index is 1.56. The van der Waals surface area contributed by atoms with Crippen LogP contribution in [-0.4, -0.2) is 30.0 Å². The van der Waals surface area contributed by atoms with E-state index in [-0.39, 0.29) is 5.91 Å². The molecule has 4 rings (SSSR count). The van der Waals surface area contributed by atoms with Crippen molar-refractivity contribution < 1.29 is 9.53 Å². The van der Waals surface area contributed by atoms with E-state index in [1.54, 1.807) is 0 Å². The van der Waals surface area contributed by atoms with E-state index in [1.165, 1.54) is 10.9 Å². The van der Waals surface area contributed by atoms with E-state index in [1.807, 2.05) is 80.7 Å². The molecule has 1 heterocycles. The number of nitrogens with zero attached hydrogens (tertiary/aromatic N) is 1. The van der Waals surface area contributed by atoms with E-state index in [2.05, 4.69) is 27.8 Å². The molecule has 4 aromatic rings. The van der Waals surface area contributed by atoms with E-state index < -0.39 is 0 Å². The lowest BCUT2D eigenvalue weighted by molar-refractivity contribution is 0.0976. The molecule has 6 nitrogen and oxygen atoms in total. The molecule has 0 bridgehead atoms. The van der Waals surface area contributed by atoms with Gasteiger partial charge in [-0.2, -0.15) is 0 Å². The van der Waals surface area contributed by atoms with Crippen LogP contribution in [0.5, 0.6) is 5.75 Å². The normalized spacial score (nSPS) is 11.4. The van der Waals surface area contributed by atoms with Crippen molar-refractivity contribution in [2.75, 3.05) is 18.5 Å². The zero-order valence-electron chi connectivity index (χ0n) is 18.9. The van der Waals surface area contributed by atoms with Crippen molar-refractivity contribution in [2.24, 2.45) is 4.99 Å². The first-order chi connectivity index (χ1) is 16.2. The maximum Gasteiger partial charge on any atom is 0.258 e. The zero-order chi connectivity index (χ0) is 23.0. The van der Waals surface area contributed by atoms with E-state index >= 15 is 0 Å². The van der Waals surface area contributed by atoms with Crippen LogP contribution in [0.4, 0.5) is 5.69 Å². The van der Waals surface area contributed by atoms with Crippen molar-refractivity contribution in [3.8, 4) is 5.75 Å². The van der Waals surface area contributed by atoms with Crippen molar-refractivity contribution in [1.29, 1.82) is 0 Å². The molecule has 0 aliphatic heterocycles. The van der Waals surface area contributed by atoms with Crippen LogP contribution in [0.3, 0.4) is 0 Å². The molecular formula is C27H28N4O2. The third kappa shape index (κ3) is 5.41. The number of carbonyl (C=O) groups excluding carboxylic acids is 1. The molecule has 6 heteroatoms. The molecule has 3 aromatic carbocycles. The molecule has 0 aliphatic carbocycles. The topological polar surface area (TPSA) is 78.5 Å². The lowest BCUT2D eigenvalue weighted by Gasteiger charge is -2.15. The van der Waals surface area contributed by atoms with E-state index in [9.17, 15) is 4.79 Å². The number of hydrogen-bond acceptors (Lipinski definition) is 3. The number of hydrogen-bond donors (Lipinski definition) is 3. The number of aromatic nitrogens is 1. The number of anilines is 1. The summed E-state index contributed by atoms with van der Waals surface area (Å²) in [7, 11) is 0. The Morgan fingerprint density at radius 2 is 1.76 bits per heavy atom. The predicted molar refractivity (Wildman–Crippen MR) is 134 cm³/mol. The van der Waals surface area contributed by atoms with Crippen LogP contribution in [0, 0.1) is 6.92 Å². The van der Waals surface area contributed by atoms with Crippen LogP contribution < -0.4 is 15.4 Å². The van der Waals surface area contributed by atoms with Gasteiger partial charge < -0.3 is 15.0 Å². The van der Waals surface area contributed by atoms with Gasteiger partial charge in [0.15, 0.2) is 0 Å². The highest BCUT2D eigenvalue weighted by molar-refractivity contribution is 6.10. The average Bonchev–Trinajstić information content (AvgIpc) is 3.24. The van der Waals surface area contributed by atoms with Crippen molar-refractivity contribution in [1.82, 2.24) is 10.3 Å². The minimum Gasteiger partial charge on any atom is -0.492 e. The van der Waals surface area contributed by atoms with Gasteiger partial charge in [0.25, 0.3) is 5.91 Å². The molecule has 168 valence electrons. The number of fused-ring (bicyclic) bond motifs is 1. The summed E-state index contributed by atoms with van der Waals surface area (Å²) in [4.78, 5) is 21.0. The molecule has 0 radical (unpaired) electrons. The number of carbonyl (C=O) groups is 1. The van der Waals surface area contributed by atoms with Gasteiger partial charge in [0.1, 0.15) is 5.75 Å². The van der Waals surface area contributed by atoms with Gasteiger partial charge in [-0.3, -0.25) is 15.1 Å². The number of benzene rings is 3. The summed E-state index contributed by atoms with van der Waals surface area (Å²) in [6, 6.07) is 23.3. The zero-order valence-corrected chi connectivity index (χ0v) is 18.9. The smallest absolute Gasteiger partial charge is 0.258 e. The van der Waals surface area contributed by atoms with E-state index in [4.69, 9.17) is 9.73 Å². The maximum atomic E-state index is 13.0. The average molecular weight is 441 g/mol. The van der Waals surface area contributed by atoms with Gasteiger partial charge in [-0.05, 0) is 55.7 Å². The number of ether oxygens (including phenoxy) is 1. The second-order valence-electron chi connectivity index (χ2n) is 7.66. The Bertz CT molecular complexity index is 1280. The number of aryl methyl sites for hydroxylation is 1. The molecule has 0 saturated heterocycles. The molecule has 0 atom stereocenters. The van der Waals surface area contributed by atoms with Crippen LogP contribution in [0.1, 0.15) is 28.4 Å². The number of aliphatic imine (C=N–C) groups is 1. The lowest BCUT2D eigenvalue weighted by Crippen LogP contribution is -2.36. The van der Waals surface area contributed by atoms with Gasteiger partial charge in [-0.1, -0.05) is 48.5 Å². The van der Waals surface area contributed by atoms with Crippen LogP contribution in [0.25, 0.3) is 10.9 Å². The summed E-state index contributed by atoms with van der Waals surface area (Å²) in [5.41, 5.74) is 4.56. The first-order valence-corrected chi connectivity index (χ1v) is 11.1. The summed E-state index contributed by atoms with van der Waals surface area (Å²) in [6.07, 6.45) is 2.76. The van der Waals surface area contributed by atoms with Gasteiger partial charge in [0.05, 0.1) is 12.3 Å². The molecule has 1 aromatic heterocycles. The Hall–Kier alpha value is -4.06. The minimum absolute atomic E-state index is 0.208. The summed E-state index contributed by atoms with van der Waals surface area (Å²) in [5, 5.41) is 7.39. The van der Waals surface area contributed by atoms with Crippen molar-refractivity contribution in [2.45, 2.75) is 20.3 Å². The third-order valence-electron chi connectivity index (χ3n) is 5.39. The second-order valence-corrected chi connectivity index (χ2v) is 7.66. The highest BCUT2D eigenvalue weighted by Crippen LogP contribution is 2.24. The molecule has 0 spiro atoms. The van der Waals surface area contributed by atoms with Gasteiger partial charge >= 0.3 is 0 Å². The fourth-order valence-electron chi connectivity index (χ4n) is 3.72. The monoisotopic (exact) mass is 440 g/mol. The summed E-state index contributed by atoms with van der Waals surface area (Å²) in [5.74, 6) is 0.880. The largest absolute Gasteiger partial charge is 0.492 e. The highest BCUT2D eigenvalue weighted by atomic mass is 16.5. The van der Waals surface area contributed by atoms with E-state index in [0.29, 0.717) is 30.4 Å². The number of para-hydroxylation sites is 3.